The molecule has 0 radical (unpaired) electrons. The Balaban J connectivity index is 1.64. The van der Waals surface area contributed by atoms with Crippen LogP contribution in [-0.4, -0.2) is 29.8 Å². The molecule has 7 heteroatoms. The van der Waals surface area contributed by atoms with E-state index in [0.717, 1.165) is 6.42 Å². The van der Waals surface area contributed by atoms with Crippen LogP contribution in [0.1, 0.15) is 23.4 Å². The lowest BCUT2D eigenvalue weighted by Gasteiger charge is -2.31. The third-order valence-electron chi connectivity index (χ3n) is 4.00. The minimum Gasteiger partial charge on any atom is -0.459 e. The Morgan fingerprint density at radius 2 is 2.17 bits per heavy atom. The zero-order chi connectivity index (χ0) is 17.1. The molecule has 1 fully saturated rings. The van der Waals surface area contributed by atoms with Crippen molar-refractivity contribution in [2.24, 2.45) is 5.92 Å². The number of halogens is 2. The molecule has 0 aliphatic carbocycles. The minimum atomic E-state index is -0.539. The van der Waals surface area contributed by atoms with Gasteiger partial charge in [0.15, 0.2) is 5.76 Å². The van der Waals surface area contributed by atoms with Gasteiger partial charge in [0, 0.05) is 18.8 Å². The highest BCUT2D eigenvalue weighted by Crippen LogP contribution is 2.23. The highest BCUT2D eigenvalue weighted by molar-refractivity contribution is 6.31. The number of benzene rings is 1. The summed E-state index contributed by atoms with van der Waals surface area (Å²) in [5.74, 6) is -1.04. The molecule has 2 aromatic rings. The first-order valence-electron chi connectivity index (χ1n) is 7.63. The van der Waals surface area contributed by atoms with Crippen molar-refractivity contribution >= 4 is 29.1 Å². The Hall–Kier alpha value is -2.34. The maximum atomic E-state index is 13.2. The number of hydrogen-bond acceptors (Lipinski definition) is 3. The SMILES string of the molecule is O=C(Nc1ccc(F)c(Cl)c1)[C@@H]1CCCN(C(=O)c2ccco2)C1. The normalized spacial score (nSPS) is 17.6. The van der Waals surface area contributed by atoms with E-state index in [2.05, 4.69) is 5.32 Å². The van der Waals surface area contributed by atoms with Gasteiger partial charge in [0.2, 0.25) is 5.91 Å². The minimum absolute atomic E-state index is 0.0499. The van der Waals surface area contributed by atoms with Crippen LogP contribution >= 0.6 is 11.6 Å². The van der Waals surface area contributed by atoms with Crippen molar-refractivity contribution < 1.29 is 18.4 Å². The Bertz CT molecular complexity index is 748. The van der Waals surface area contributed by atoms with Gasteiger partial charge in [-0.1, -0.05) is 11.6 Å². The average molecular weight is 351 g/mol. The first kappa shape index (κ1) is 16.5. The third-order valence-corrected chi connectivity index (χ3v) is 4.29. The van der Waals surface area contributed by atoms with E-state index in [1.807, 2.05) is 0 Å². The van der Waals surface area contributed by atoms with Crippen LogP contribution in [0.4, 0.5) is 10.1 Å². The van der Waals surface area contributed by atoms with Gasteiger partial charge in [0.05, 0.1) is 17.2 Å². The van der Waals surface area contributed by atoms with Crippen LogP contribution < -0.4 is 5.32 Å². The van der Waals surface area contributed by atoms with Crippen molar-refractivity contribution in [3.05, 3.63) is 53.2 Å². The fourth-order valence-electron chi connectivity index (χ4n) is 2.75. The molecule has 24 heavy (non-hydrogen) atoms. The molecule has 126 valence electrons. The third kappa shape index (κ3) is 3.59. The number of nitrogens with zero attached hydrogens (tertiary/aromatic N) is 1. The lowest BCUT2D eigenvalue weighted by molar-refractivity contribution is -0.121. The second-order valence-electron chi connectivity index (χ2n) is 5.69. The fourth-order valence-corrected chi connectivity index (χ4v) is 2.93. The van der Waals surface area contributed by atoms with E-state index >= 15 is 0 Å². The van der Waals surface area contributed by atoms with E-state index < -0.39 is 5.82 Å². The molecule has 1 atom stereocenters. The molecule has 2 heterocycles. The second kappa shape index (κ2) is 7.05. The van der Waals surface area contributed by atoms with Gasteiger partial charge < -0.3 is 14.6 Å². The van der Waals surface area contributed by atoms with E-state index in [1.54, 1.807) is 17.0 Å². The van der Waals surface area contributed by atoms with Crippen LogP contribution in [0.25, 0.3) is 0 Å². The highest BCUT2D eigenvalue weighted by Gasteiger charge is 2.30. The zero-order valence-corrected chi connectivity index (χ0v) is 13.6. The van der Waals surface area contributed by atoms with Gasteiger partial charge in [0.1, 0.15) is 5.82 Å². The lowest BCUT2D eigenvalue weighted by Crippen LogP contribution is -2.43. The number of rotatable bonds is 3. The zero-order valence-electron chi connectivity index (χ0n) is 12.8. The largest absolute Gasteiger partial charge is 0.459 e. The molecule has 0 bridgehead atoms. The molecule has 3 rings (SSSR count). The van der Waals surface area contributed by atoms with Crippen LogP contribution in [0.3, 0.4) is 0 Å². The Morgan fingerprint density at radius 1 is 1.33 bits per heavy atom. The number of nitrogens with one attached hydrogen (secondary N) is 1. The molecule has 0 spiro atoms. The van der Waals surface area contributed by atoms with Gasteiger partial charge in [-0.25, -0.2) is 4.39 Å². The lowest BCUT2D eigenvalue weighted by atomic mass is 9.96. The molecule has 1 saturated heterocycles. The Labute approximate surface area is 143 Å². The molecule has 1 aliphatic heterocycles. The maximum absolute atomic E-state index is 13.2. The van der Waals surface area contributed by atoms with Crippen molar-refractivity contribution in [1.29, 1.82) is 0 Å². The monoisotopic (exact) mass is 350 g/mol. The number of hydrogen-bond donors (Lipinski definition) is 1. The summed E-state index contributed by atoms with van der Waals surface area (Å²) in [6.07, 6.45) is 2.86. The van der Waals surface area contributed by atoms with Gasteiger partial charge in [-0.3, -0.25) is 9.59 Å². The van der Waals surface area contributed by atoms with Crippen molar-refractivity contribution in [3.8, 4) is 0 Å². The first-order valence-corrected chi connectivity index (χ1v) is 8.01. The number of piperidine rings is 1. The molecule has 1 aliphatic rings. The molecular weight excluding hydrogens is 335 g/mol. The maximum Gasteiger partial charge on any atom is 0.289 e. The number of carbonyl (C=O) groups is 2. The van der Waals surface area contributed by atoms with Crippen LogP contribution in [0, 0.1) is 11.7 Å². The summed E-state index contributed by atoms with van der Waals surface area (Å²) in [6.45, 7) is 0.909. The standard InChI is InChI=1S/C17H16ClFN2O3/c18-13-9-12(5-6-14(13)19)20-16(22)11-3-1-7-21(10-11)17(23)15-4-2-8-24-15/h2,4-6,8-9,11H,1,3,7,10H2,(H,20,22)/t11-/m1/s1. The average Bonchev–Trinajstić information content (AvgIpc) is 3.12. The summed E-state index contributed by atoms with van der Waals surface area (Å²) >= 11 is 5.72. The fraction of sp³-hybridized carbons (Fsp3) is 0.294. The number of amides is 2. The molecule has 1 N–H and O–H groups in total. The van der Waals surface area contributed by atoms with Gasteiger partial charge in [-0.05, 0) is 43.2 Å². The van der Waals surface area contributed by atoms with Gasteiger partial charge in [-0.15, -0.1) is 0 Å². The van der Waals surface area contributed by atoms with E-state index in [9.17, 15) is 14.0 Å². The number of anilines is 1. The number of furan rings is 1. The molecule has 5 nitrogen and oxygen atoms in total. The summed E-state index contributed by atoms with van der Waals surface area (Å²) in [5, 5.41) is 2.67. The first-order chi connectivity index (χ1) is 11.5. The van der Waals surface area contributed by atoms with Crippen molar-refractivity contribution in [2.45, 2.75) is 12.8 Å². The van der Waals surface area contributed by atoms with Crippen molar-refractivity contribution in [1.82, 2.24) is 4.90 Å². The molecule has 2 amide bonds. The molecule has 0 saturated carbocycles. The van der Waals surface area contributed by atoms with Crippen molar-refractivity contribution in [3.63, 3.8) is 0 Å². The quantitative estimate of drug-likeness (QED) is 0.920. The predicted molar refractivity (Wildman–Crippen MR) is 87.4 cm³/mol. The van der Waals surface area contributed by atoms with E-state index in [-0.39, 0.29) is 28.5 Å². The smallest absolute Gasteiger partial charge is 0.289 e. The summed E-state index contributed by atoms with van der Waals surface area (Å²) in [4.78, 5) is 26.3. The topological polar surface area (TPSA) is 62.6 Å². The number of likely N-dealkylation sites (tertiary alicyclic amines) is 1. The van der Waals surface area contributed by atoms with Crippen LogP contribution in [0.5, 0.6) is 0 Å². The second-order valence-corrected chi connectivity index (χ2v) is 6.09. The molecule has 1 aromatic heterocycles. The van der Waals surface area contributed by atoms with Crippen LogP contribution in [0.15, 0.2) is 41.0 Å². The van der Waals surface area contributed by atoms with Crippen LogP contribution in [-0.2, 0) is 4.79 Å². The Kier molecular flexibility index (Phi) is 4.85. The van der Waals surface area contributed by atoms with E-state index in [4.69, 9.17) is 16.0 Å². The molecule has 0 unspecified atom stereocenters. The molecular formula is C17H16ClFN2O3. The Morgan fingerprint density at radius 3 is 2.88 bits per heavy atom. The van der Waals surface area contributed by atoms with E-state index in [1.165, 1.54) is 24.5 Å². The van der Waals surface area contributed by atoms with Crippen molar-refractivity contribution in [2.75, 3.05) is 18.4 Å². The van der Waals surface area contributed by atoms with Gasteiger partial charge >= 0.3 is 0 Å². The highest BCUT2D eigenvalue weighted by atomic mass is 35.5. The summed E-state index contributed by atoms with van der Waals surface area (Å²) < 4.78 is 18.3. The number of carbonyl (C=O) groups excluding carboxylic acids is 2. The molecule has 1 aromatic carbocycles. The predicted octanol–water partition coefficient (Wildman–Crippen LogP) is 3.56. The van der Waals surface area contributed by atoms with Gasteiger partial charge in [0.25, 0.3) is 5.91 Å². The summed E-state index contributed by atoms with van der Waals surface area (Å²) in [6, 6.07) is 7.27. The van der Waals surface area contributed by atoms with Crippen LogP contribution in [0.2, 0.25) is 5.02 Å². The summed E-state index contributed by atoms with van der Waals surface area (Å²) in [7, 11) is 0. The van der Waals surface area contributed by atoms with Gasteiger partial charge in [-0.2, -0.15) is 0 Å². The van der Waals surface area contributed by atoms with E-state index in [0.29, 0.717) is 25.2 Å². The summed E-state index contributed by atoms with van der Waals surface area (Å²) in [5.41, 5.74) is 0.431.